The maximum Gasteiger partial charge on any atom is 0.193 e. The lowest BCUT2D eigenvalue weighted by Crippen LogP contribution is -2.22. The second-order valence-corrected chi connectivity index (χ2v) is 9.71. The van der Waals surface area contributed by atoms with Crippen LogP contribution in [0.15, 0.2) is 48.7 Å². The Morgan fingerprint density at radius 1 is 0.903 bits per heavy atom. The van der Waals surface area contributed by atoms with E-state index in [9.17, 15) is 9.59 Å². The zero-order valence-electron chi connectivity index (χ0n) is 18.6. The maximum absolute atomic E-state index is 13.1. The molecule has 1 heterocycles. The van der Waals surface area contributed by atoms with Crippen molar-refractivity contribution in [3.05, 3.63) is 71.0 Å². The molecule has 4 heteroatoms. The van der Waals surface area contributed by atoms with Gasteiger partial charge in [-0.15, -0.1) is 0 Å². The summed E-state index contributed by atoms with van der Waals surface area (Å²) >= 11 is 0. The Hall–Kier alpha value is -2.88. The molecule has 1 aromatic heterocycles. The number of ketones is 2. The van der Waals surface area contributed by atoms with Gasteiger partial charge in [-0.25, -0.2) is 4.98 Å². The van der Waals surface area contributed by atoms with Gasteiger partial charge in [0.05, 0.1) is 16.7 Å². The lowest BCUT2D eigenvalue weighted by molar-refractivity contribution is -0.125. The van der Waals surface area contributed by atoms with Crippen LogP contribution in [0.25, 0.3) is 11.0 Å². The van der Waals surface area contributed by atoms with E-state index in [0.717, 1.165) is 22.3 Å². The normalized spacial score (nSPS) is 15.2. The molecule has 1 aliphatic carbocycles. The van der Waals surface area contributed by atoms with Crippen LogP contribution in [0.4, 0.5) is 0 Å². The van der Waals surface area contributed by atoms with Gasteiger partial charge in [0.2, 0.25) is 0 Å². The SMILES string of the molecule is CC(C)(C)C(=O)Cc1ccc(C(=O)c2ccc3ncc(C4CCCCC4)nc3c2)cc1. The molecule has 0 radical (unpaired) electrons. The van der Waals surface area contributed by atoms with Gasteiger partial charge in [0.1, 0.15) is 5.78 Å². The van der Waals surface area contributed by atoms with Crippen LogP contribution in [0.5, 0.6) is 0 Å². The molecule has 1 fully saturated rings. The smallest absolute Gasteiger partial charge is 0.193 e. The average molecular weight is 415 g/mol. The molecule has 0 N–H and O–H groups in total. The molecule has 0 aliphatic heterocycles. The predicted octanol–water partition coefficient (Wildman–Crippen LogP) is 6.07. The molecule has 4 rings (SSSR count). The van der Waals surface area contributed by atoms with E-state index in [4.69, 9.17) is 4.98 Å². The molecule has 2 aromatic carbocycles. The molecule has 0 atom stereocenters. The zero-order chi connectivity index (χ0) is 22.0. The molecule has 3 aromatic rings. The summed E-state index contributed by atoms with van der Waals surface area (Å²) in [6.07, 6.45) is 8.43. The summed E-state index contributed by atoms with van der Waals surface area (Å²) in [4.78, 5) is 34.8. The van der Waals surface area contributed by atoms with Gasteiger partial charge >= 0.3 is 0 Å². The number of hydrogen-bond donors (Lipinski definition) is 0. The van der Waals surface area contributed by atoms with E-state index in [1.165, 1.54) is 32.1 Å². The third-order valence-electron chi connectivity index (χ3n) is 6.26. The van der Waals surface area contributed by atoms with Crippen LogP contribution in [-0.2, 0) is 11.2 Å². The van der Waals surface area contributed by atoms with Crippen molar-refractivity contribution in [1.82, 2.24) is 9.97 Å². The number of Topliss-reactive ketones (excluding diaryl/α,β-unsaturated/α-hetero) is 1. The standard InChI is InChI=1S/C27H30N2O2/c1-27(2,3)25(30)15-18-9-11-20(12-10-18)26(31)21-13-14-22-23(16-21)29-24(17-28-22)19-7-5-4-6-8-19/h9-14,16-17,19H,4-8,15H2,1-3H3. The Kier molecular flexibility index (Phi) is 5.99. The highest BCUT2D eigenvalue weighted by atomic mass is 16.1. The first kappa shape index (κ1) is 21.4. The Morgan fingerprint density at radius 2 is 1.58 bits per heavy atom. The molecule has 0 spiro atoms. The van der Waals surface area contributed by atoms with Crippen molar-refractivity contribution in [1.29, 1.82) is 0 Å². The first-order valence-corrected chi connectivity index (χ1v) is 11.2. The van der Waals surface area contributed by atoms with Crippen molar-refractivity contribution in [2.45, 2.75) is 65.2 Å². The molecule has 1 saturated carbocycles. The van der Waals surface area contributed by atoms with E-state index >= 15 is 0 Å². The van der Waals surface area contributed by atoms with Crippen LogP contribution in [0, 0.1) is 5.41 Å². The van der Waals surface area contributed by atoms with Crippen molar-refractivity contribution < 1.29 is 9.59 Å². The van der Waals surface area contributed by atoms with Gasteiger partial charge < -0.3 is 0 Å². The van der Waals surface area contributed by atoms with E-state index < -0.39 is 0 Å². The zero-order valence-corrected chi connectivity index (χ0v) is 18.6. The number of fused-ring (bicyclic) bond motifs is 1. The lowest BCUT2D eigenvalue weighted by Gasteiger charge is -2.20. The Balaban J connectivity index is 1.54. The molecule has 31 heavy (non-hydrogen) atoms. The highest BCUT2D eigenvalue weighted by molar-refractivity contribution is 6.10. The number of carbonyl (C=O) groups excluding carboxylic acids is 2. The summed E-state index contributed by atoms with van der Waals surface area (Å²) in [5, 5.41) is 0. The van der Waals surface area contributed by atoms with E-state index in [1.807, 2.05) is 69.4 Å². The number of carbonyl (C=O) groups is 2. The van der Waals surface area contributed by atoms with Gasteiger partial charge in [0.25, 0.3) is 0 Å². The Bertz CT molecular complexity index is 1100. The average Bonchev–Trinajstić information content (AvgIpc) is 2.78. The van der Waals surface area contributed by atoms with E-state index in [1.54, 1.807) is 0 Å². The second kappa shape index (κ2) is 8.70. The fraction of sp³-hybridized carbons (Fsp3) is 0.407. The summed E-state index contributed by atoms with van der Waals surface area (Å²) in [5.41, 5.74) is 4.43. The van der Waals surface area contributed by atoms with Crippen LogP contribution < -0.4 is 0 Å². The highest BCUT2D eigenvalue weighted by Crippen LogP contribution is 2.32. The predicted molar refractivity (Wildman–Crippen MR) is 123 cm³/mol. The van der Waals surface area contributed by atoms with Gasteiger partial charge in [-0.3, -0.25) is 14.6 Å². The van der Waals surface area contributed by atoms with Crippen molar-refractivity contribution in [3.8, 4) is 0 Å². The molecular weight excluding hydrogens is 384 g/mol. The lowest BCUT2D eigenvalue weighted by atomic mass is 9.87. The van der Waals surface area contributed by atoms with E-state index in [2.05, 4.69) is 4.98 Å². The van der Waals surface area contributed by atoms with Gasteiger partial charge in [0, 0.05) is 35.1 Å². The number of aromatic nitrogens is 2. The van der Waals surface area contributed by atoms with Crippen LogP contribution in [0.3, 0.4) is 0 Å². The monoisotopic (exact) mass is 414 g/mol. The van der Waals surface area contributed by atoms with Crippen molar-refractivity contribution in [2.75, 3.05) is 0 Å². The molecule has 1 aliphatic rings. The van der Waals surface area contributed by atoms with Crippen LogP contribution in [0.2, 0.25) is 0 Å². The Labute approximate surface area is 184 Å². The molecular formula is C27H30N2O2. The third-order valence-corrected chi connectivity index (χ3v) is 6.26. The van der Waals surface area contributed by atoms with Gasteiger partial charge in [-0.2, -0.15) is 0 Å². The van der Waals surface area contributed by atoms with Crippen molar-refractivity contribution in [2.24, 2.45) is 5.41 Å². The number of hydrogen-bond acceptors (Lipinski definition) is 4. The summed E-state index contributed by atoms with van der Waals surface area (Å²) < 4.78 is 0. The summed E-state index contributed by atoms with van der Waals surface area (Å²) in [6, 6.07) is 12.9. The second-order valence-electron chi connectivity index (χ2n) is 9.71. The number of nitrogens with zero attached hydrogens (tertiary/aromatic N) is 2. The minimum absolute atomic E-state index is 0.0412. The van der Waals surface area contributed by atoms with Gasteiger partial charge in [0.15, 0.2) is 5.78 Å². The quantitative estimate of drug-likeness (QED) is 0.476. The molecule has 0 unspecified atom stereocenters. The summed E-state index contributed by atoms with van der Waals surface area (Å²) in [5.74, 6) is 0.627. The Morgan fingerprint density at radius 3 is 2.26 bits per heavy atom. The molecule has 0 saturated heterocycles. The number of benzene rings is 2. The molecule has 160 valence electrons. The van der Waals surface area contributed by atoms with Crippen LogP contribution in [0.1, 0.15) is 86.0 Å². The summed E-state index contributed by atoms with van der Waals surface area (Å²) in [6.45, 7) is 5.78. The van der Waals surface area contributed by atoms with Crippen molar-refractivity contribution in [3.63, 3.8) is 0 Å². The molecule has 0 bridgehead atoms. The maximum atomic E-state index is 13.1. The fourth-order valence-electron chi connectivity index (χ4n) is 4.15. The van der Waals surface area contributed by atoms with E-state index in [-0.39, 0.29) is 17.0 Å². The highest BCUT2D eigenvalue weighted by Gasteiger charge is 2.21. The summed E-state index contributed by atoms with van der Waals surface area (Å²) in [7, 11) is 0. The molecule has 4 nitrogen and oxygen atoms in total. The first-order valence-electron chi connectivity index (χ1n) is 11.2. The van der Waals surface area contributed by atoms with Crippen LogP contribution >= 0.6 is 0 Å². The van der Waals surface area contributed by atoms with Crippen LogP contribution in [-0.4, -0.2) is 21.5 Å². The first-order chi connectivity index (χ1) is 14.8. The minimum Gasteiger partial charge on any atom is -0.299 e. The van der Waals surface area contributed by atoms with Gasteiger partial charge in [-0.1, -0.05) is 64.3 Å². The topological polar surface area (TPSA) is 59.9 Å². The molecule has 0 amide bonds. The van der Waals surface area contributed by atoms with E-state index in [0.29, 0.717) is 23.5 Å². The van der Waals surface area contributed by atoms with Crippen molar-refractivity contribution >= 4 is 22.6 Å². The third kappa shape index (κ3) is 4.90. The fourth-order valence-corrected chi connectivity index (χ4v) is 4.15. The number of rotatable bonds is 5. The van der Waals surface area contributed by atoms with Gasteiger partial charge in [-0.05, 0) is 36.6 Å². The minimum atomic E-state index is -0.364. The largest absolute Gasteiger partial charge is 0.299 e.